The van der Waals surface area contributed by atoms with Gasteiger partial charge in [-0.15, -0.1) is 0 Å². The Morgan fingerprint density at radius 3 is 2.59 bits per heavy atom. The molecule has 0 unspecified atom stereocenters. The standard InChI is InChI=1S/C14H9NO2/c16-14(17)13-11-7-3-5-9-4-1-2-6-10(9)12(11)8-15-13/h1-8H,(H,16,17). The fraction of sp³-hybridized carbons (Fsp3) is 0. The van der Waals surface area contributed by atoms with Crippen LogP contribution in [0.25, 0.3) is 21.9 Å². The van der Waals surface area contributed by atoms with Gasteiger partial charge in [0.1, 0.15) is 0 Å². The molecule has 3 rings (SSSR count). The van der Waals surface area contributed by atoms with E-state index < -0.39 is 5.97 Å². The molecule has 0 saturated heterocycles. The van der Waals surface area contributed by atoms with E-state index >= 15 is 0 Å². The van der Waals surface area contributed by atoms with Crippen molar-refractivity contribution in [2.75, 3.05) is 0 Å². The van der Waals surface area contributed by atoms with Gasteiger partial charge in [-0.25, -0.2) is 9.78 Å². The Morgan fingerprint density at radius 2 is 1.76 bits per heavy atom. The van der Waals surface area contributed by atoms with Gasteiger partial charge in [-0.3, -0.25) is 0 Å². The Kier molecular flexibility index (Phi) is 2.05. The average Bonchev–Trinajstić information content (AvgIpc) is 2.66. The zero-order chi connectivity index (χ0) is 11.8. The van der Waals surface area contributed by atoms with Crippen LogP contribution < -0.4 is 0 Å². The molecule has 0 aromatic heterocycles. The molecule has 82 valence electrons. The first kappa shape index (κ1) is 9.78. The highest BCUT2D eigenvalue weighted by Gasteiger charge is 2.17. The zero-order valence-corrected chi connectivity index (χ0v) is 8.92. The predicted molar refractivity (Wildman–Crippen MR) is 65.3 cm³/mol. The number of aromatic nitrogens is 1. The number of aromatic carboxylic acids is 1. The van der Waals surface area contributed by atoms with E-state index in [0.29, 0.717) is 5.56 Å². The number of carboxylic acid groups (broad SMARTS) is 1. The highest BCUT2D eigenvalue weighted by atomic mass is 16.4. The number of fused-ring (bicyclic) bond motifs is 3. The number of nitrogens with zero attached hydrogens (tertiary/aromatic N) is 1. The van der Waals surface area contributed by atoms with Gasteiger partial charge in [-0.05, 0) is 10.8 Å². The fourth-order valence-corrected chi connectivity index (χ4v) is 2.09. The Hall–Kier alpha value is -2.42. The molecule has 0 fully saturated rings. The summed E-state index contributed by atoms with van der Waals surface area (Å²) in [6.07, 6.45) is 1.63. The van der Waals surface area contributed by atoms with Crippen molar-refractivity contribution in [3.8, 4) is 11.1 Å². The summed E-state index contributed by atoms with van der Waals surface area (Å²) in [4.78, 5) is 15.0. The highest BCUT2D eigenvalue weighted by molar-refractivity contribution is 6.03. The van der Waals surface area contributed by atoms with Crippen LogP contribution in [-0.2, 0) is 0 Å². The molecule has 0 bridgehead atoms. The first-order chi connectivity index (χ1) is 8.27. The van der Waals surface area contributed by atoms with Crippen LogP contribution in [0.2, 0.25) is 0 Å². The molecule has 0 amide bonds. The molecule has 0 saturated carbocycles. The number of hydrogen-bond acceptors (Lipinski definition) is 2. The third kappa shape index (κ3) is 1.44. The smallest absolute Gasteiger partial charge is 0.355 e. The van der Waals surface area contributed by atoms with Gasteiger partial charge >= 0.3 is 5.97 Å². The van der Waals surface area contributed by atoms with E-state index in [0.717, 1.165) is 16.3 Å². The molecule has 1 aromatic rings. The predicted octanol–water partition coefficient (Wildman–Crippen LogP) is 3.04. The topological polar surface area (TPSA) is 50.2 Å². The van der Waals surface area contributed by atoms with Crippen molar-refractivity contribution in [3.63, 3.8) is 0 Å². The third-order valence-corrected chi connectivity index (χ3v) is 2.86. The summed E-state index contributed by atoms with van der Waals surface area (Å²) in [6.45, 7) is 0. The van der Waals surface area contributed by atoms with Gasteiger partial charge in [0, 0.05) is 17.3 Å². The van der Waals surface area contributed by atoms with Gasteiger partial charge < -0.3 is 5.11 Å². The summed E-state index contributed by atoms with van der Waals surface area (Å²) >= 11 is 0. The van der Waals surface area contributed by atoms with Gasteiger partial charge in [-0.1, -0.05) is 42.5 Å². The maximum absolute atomic E-state index is 11.1. The molecule has 1 aromatic carbocycles. The molecule has 1 aliphatic heterocycles. The number of carbonyl (C=O) groups is 1. The quantitative estimate of drug-likeness (QED) is 0.689. The van der Waals surface area contributed by atoms with E-state index in [1.165, 1.54) is 0 Å². The van der Waals surface area contributed by atoms with E-state index in [4.69, 9.17) is 5.11 Å². The van der Waals surface area contributed by atoms with Crippen LogP contribution in [0.4, 0.5) is 0 Å². The van der Waals surface area contributed by atoms with Crippen molar-refractivity contribution in [1.82, 2.24) is 4.98 Å². The molecule has 17 heavy (non-hydrogen) atoms. The lowest BCUT2D eigenvalue weighted by molar-refractivity contribution is 0.0692. The lowest BCUT2D eigenvalue weighted by atomic mass is 10.0. The SMILES string of the molecule is O=C(O)c1ncc2c3ccccc3cccc1-2. The van der Waals surface area contributed by atoms with Crippen molar-refractivity contribution >= 4 is 16.7 Å². The van der Waals surface area contributed by atoms with Crippen molar-refractivity contribution in [1.29, 1.82) is 0 Å². The van der Waals surface area contributed by atoms with Crippen LogP contribution in [0, 0.1) is 0 Å². The molecule has 0 atom stereocenters. The third-order valence-electron chi connectivity index (χ3n) is 2.86. The summed E-state index contributed by atoms with van der Waals surface area (Å²) in [5, 5.41) is 11.2. The summed E-state index contributed by atoms with van der Waals surface area (Å²) in [5.41, 5.74) is 1.67. The second kappa shape index (κ2) is 3.56. The second-order valence-electron chi connectivity index (χ2n) is 3.85. The van der Waals surface area contributed by atoms with Crippen LogP contribution in [0.1, 0.15) is 10.5 Å². The lowest BCUT2D eigenvalue weighted by Gasteiger charge is -1.97. The van der Waals surface area contributed by atoms with E-state index in [-0.39, 0.29) is 5.69 Å². The number of carboxylic acids is 1. The zero-order valence-electron chi connectivity index (χ0n) is 8.92. The van der Waals surface area contributed by atoms with Crippen LogP contribution in [0.15, 0.2) is 48.7 Å². The first-order valence-corrected chi connectivity index (χ1v) is 5.27. The van der Waals surface area contributed by atoms with Crippen molar-refractivity contribution < 1.29 is 9.90 Å². The monoisotopic (exact) mass is 223 g/mol. The van der Waals surface area contributed by atoms with Gasteiger partial charge in [0.05, 0.1) is 0 Å². The summed E-state index contributed by atoms with van der Waals surface area (Å²) in [6, 6.07) is 13.5. The average molecular weight is 223 g/mol. The van der Waals surface area contributed by atoms with Crippen LogP contribution in [0.5, 0.6) is 0 Å². The Morgan fingerprint density at radius 1 is 1.00 bits per heavy atom. The van der Waals surface area contributed by atoms with Crippen molar-refractivity contribution in [2.24, 2.45) is 0 Å². The van der Waals surface area contributed by atoms with Crippen LogP contribution in [0.3, 0.4) is 0 Å². The maximum atomic E-state index is 11.1. The minimum absolute atomic E-state index is 0.112. The maximum Gasteiger partial charge on any atom is 0.355 e. The number of benzene rings is 1. The molecular formula is C14H9NO2. The van der Waals surface area contributed by atoms with Gasteiger partial charge in [0.25, 0.3) is 0 Å². The normalized spacial score (nSPS) is 10.8. The summed E-state index contributed by atoms with van der Waals surface area (Å²) in [7, 11) is 0. The molecule has 0 radical (unpaired) electrons. The van der Waals surface area contributed by atoms with Gasteiger partial charge in [0.2, 0.25) is 0 Å². The van der Waals surface area contributed by atoms with Gasteiger partial charge in [0.15, 0.2) is 5.69 Å². The minimum Gasteiger partial charge on any atom is -0.476 e. The van der Waals surface area contributed by atoms with Gasteiger partial charge in [-0.2, -0.15) is 0 Å². The van der Waals surface area contributed by atoms with E-state index in [9.17, 15) is 4.79 Å². The fourth-order valence-electron chi connectivity index (χ4n) is 2.09. The van der Waals surface area contributed by atoms with Crippen molar-refractivity contribution in [3.05, 3.63) is 54.4 Å². The Balaban J connectivity index is 2.43. The molecule has 1 heterocycles. The Bertz CT molecular complexity index is 691. The molecule has 3 nitrogen and oxygen atoms in total. The first-order valence-electron chi connectivity index (χ1n) is 5.27. The summed E-state index contributed by atoms with van der Waals surface area (Å²) < 4.78 is 0. The molecule has 1 aliphatic carbocycles. The molecule has 0 spiro atoms. The number of hydrogen-bond donors (Lipinski definition) is 1. The second-order valence-corrected chi connectivity index (χ2v) is 3.85. The van der Waals surface area contributed by atoms with Crippen LogP contribution in [-0.4, -0.2) is 16.1 Å². The molecule has 1 N–H and O–H groups in total. The Labute approximate surface area is 97.7 Å². The molecular weight excluding hydrogens is 214 g/mol. The van der Waals surface area contributed by atoms with Crippen LogP contribution >= 0.6 is 0 Å². The number of rotatable bonds is 1. The van der Waals surface area contributed by atoms with E-state index in [1.54, 1.807) is 12.3 Å². The minimum atomic E-state index is -0.990. The largest absolute Gasteiger partial charge is 0.476 e. The molecule has 2 aliphatic rings. The lowest BCUT2D eigenvalue weighted by Crippen LogP contribution is -1.97. The van der Waals surface area contributed by atoms with E-state index in [1.807, 2.05) is 36.4 Å². The molecule has 3 heteroatoms. The van der Waals surface area contributed by atoms with E-state index in [2.05, 4.69) is 4.98 Å². The highest BCUT2D eigenvalue weighted by Crippen LogP contribution is 2.31. The van der Waals surface area contributed by atoms with Crippen molar-refractivity contribution in [2.45, 2.75) is 0 Å². The summed E-state index contributed by atoms with van der Waals surface area (Å²) in [5.74, 6) is -0.990.